The zero-order chi connectivity index (χ0) is 6.10. The van der Waals surface area contributed by atoms with Crippen molar-refractivity contribution in [3.63, 3.8) is 0 Å². The van der Waals surface area contributed by atoms with Crippen LogP contribution in [0, 0.1) is 6.20 Å². The van der Waals surface area contributed by atoms with Gasteiger partial charge in [-0.25, -0.2) is 0 Å². The van der Waals surface area contributed by atoms with Crippen LogP contribution < -0.4 is 0 Å². The van der Waals surface area contributed by atoms with Gasteiger partial charge in [-0.2, -0.15) is 0 Å². The summed E-state index contributed by atoms with van der Waals surface area (Å²) in [5, 5.41) is 3.53. The second kappa shape index (κ2) is 1.87. The highest BCUT2D eigenvalue weighted by atomic mass is 16.5. The molecule has 0 unspecified atom stereocenters. The summed E-state index contributed by atoms with van der Waals surface area (Å²) in [7, 11) is 0. The number of aromatic nitrogens is 1. The van der Waals surface area contributed by atoms with Gasteiger partial charge in [-0.05, 0) is 18.8 Å². The van der Waals surface area contributed by atoms with Crippen LogP contribution in [0.2, 0.25) is 0 Å². The largest absolute Gasteiger partial charge is 0.364 e. The molecule has 1 aliphatic rings. The van der Waals surface area contributed by atoms with E-state index < -0.39 is 0 Å². The molecule has 0 bridgehead atoms. The molecule has 0 N–H and O–H groups in total. The summed E-state index contributed by atoms with van der Waals surface area (Å²) in [6.07, 6.45) is 8.45. The molecule has 1 radical (unpaired) electrons. The molecule has 2 nitrogen and oxygen atoms in total. The third-order valence-electron chi connectivity index (χ3n) is 1.95. The highest BCUT2D eigenvalue weighted by Gasteiger charge is 2.20. The quantitative estimate of drug-likeness (QED) is 0.567. The van der Waals surface area contributed by atoms with E-state index >= 15 is 0 Å². The highest BCUT2D eigenvalue weighted by molar-refractivity contribution is 5.09. The van der Waals surface area contributed by atoms with E-state index in [1.807, 2.05) is 0 Å². The fourth-order valence-corrected chi connectivity index (χ4v) is 1.10. The second-order valence-corrected chi connectivity index (χ2v) is 2.51. The van der Waals surface area contributed by atoms with E-state index in [2.05, 4.69) is 15.9 Å². The van der Waals surface area contributed by atoms with Gasteiger partial charge < -0.3 is 4.52 Å². The topological polar surface area (TPSA) is 26.0 Å². The molecule has 1 aromatic rings. The van der Waals surface area contributed by atoms with E-state index in [4.69, 9.17) is 0 Å². The predicted molar refractivity (Wildman–Crippen MR) is 31.9 cm³/mol. The molecule has 1 heterocycles. The lowest BCUT2D eigenvalue weighted by molar-refractivity contribution is 0.401. The molecule has 1 fully saturated rings. The first kappa shape index (κ1) is 5.03. The van der Waals surface area contributed by atoms with Crippen molar-refractivity contribution in [2.45, 2.75) is 25.2 Å². The molecule has 47 valence electrons. The first-order valence-electron chi connectivity index (χ1n) is 3.29. The summed E-state index contributed by atoms with van der Waals surface area (Å²) in [4.78, 5) is 0. The molecule has 1 aromatic heterocycles. The Morgan fingerprint density at radius 3 is 3.00 bits per heavy atom. The van der Waals surface area contributed by atoms with Crippen molar-refractivity contribution in [1.82, 2.24) is 5.16 Å². The van der Waals surface area contributed by atoms with Gasteiger partial charge in [0, 0.05) is 5.56 Å². The van der Waals surface area contributed by atoms with Crippen LogP contribution in [0.25, 0.3) is 0 Å². The molecule has 0 spiro atoms. The molecule has 2 rings (SSSR count). The van der Waals surface area contributed by atoms with Gasteiger partial charge in [0.05, 0.1) is 0 Å². The number of nitrogens with zero attached hydrogens (tertiary/aromatic N) is 1. The van der Waals surface area contributed by atoms with Crippen molar-refractivity contribution in [2.75, 3.05) is 0 Å². The average molecular weight is 122 g/mol. The van der Waals surface area contributed by atoms with Gasteiger partial charge in [-0.1, -0.05) is 11.6 Å². The van der Waals surface area contributed by atoms with E-state index in [0.717, 1.165) is 5.56 Å². The Morgan fingerprint density at radius 1 is 1.67 bits per heavy atom. The SMILES string of the molecule is [c]1nocc1C1CCC1. The molecule has 1 saturated carbocycles. The minimum Gasteiger partial charge on any atom is -0.364 e. The van der Waals surface area contributed by atoms with Gasteiger partial charge in [0.2, 0.25) is 0 Å². The van der Waals surface area contributed by atoms with E-state index in [0.29, 0.717) is 5.92 Å². The molecule has 0 aliphatic heterocycles. The van der Waals surface area contributed by atoms with Crippen LogP contribution in [0.5, 0.6) is 0 Å². The van der Waals surface area contributed by atoms with Crippen LogP contribution in [0.1, 0.15) is 30.7 Å². The third-order valence-corrected chi connectivity index (χ3v) is 1.95. The maximum Gasteiger partial charge on any atom is 0.139 e. The summed E-state index contributed by atoms with van der Waals surface area (Å²) in [6, 6.07) is 0. The van der Waals surface area contributed by atoms with Crippen molar-refractivity contribution >= 4 is 0 Å². The maximum atomic E-state index is 4.67. The molecule has 0 saturated heterocycles. The van der Waals surface area contributed by atoms with Gasteiger partial charge in [0.15, 0.2) is 0 Å². The normalized spacial score (nSPS) is 19.6. The van der Waals surface area contributed by atoms with E-state index in [-0.39, 0.29) is 0 Å². The van der Waals surface area contributed by atoms with Crippen LogP contribution in [0.4, 0.5) is 0 Å². The summed E-state index contributed by atoms with van der Waals surface area (Å²) in [5.41, 5.74) is 1.15. The summed E-state index contributed by atoms with van der Waals surface area (Å²) < 4.78 is 4.67. The van der Waals surface area contributed by atoms with Gasteiger partial charge in [0.25, 0.3) is 0 Å². The smallest absolute Gasteiger partial charge is 0.139 e. The van der Waals surface area contributed by atoms with Crippen molar-refractivity contribution in [1.29, 1.82) is 0 Å². The van der Waals surface area contributed by atoms with Gasteiger partial charge in [-0.3, -0.25) is 0 Å². The van der Waals surface area contributed by atoms with Crippen molar-refractivity contribution in [3.05, 3.63) is 18.0 Å². The second-order valence-electron chi connectivity index (χ2n) is 2.51. The Labute approximate surface area is 53.9 Å². The van der Waals surface area contributed by atoms with Crippen LogP contribution in [0.3, 0.4) is 0 Å². The lowest BCUT2D eigenvalue weighted by Crippen LogP contribution is -2.07. The molecule has 9 heavy (non-hydrogen) atoms. The van der Waals surface area contributed by atoms with E-state index in [9.17, 15) is 0 Å². The third kappa shape index (κ3) is 0.745. The minimum absolute atomic E-state index is 0.705. The predicted octanol–water partition coefficient (Wildman–Crippen LogP) is 1.74. The molecule has 1 aliphatic carbocycles. The standard InChI is InChI=1S/C7H8NO/c1-2-6(3-1)7-4-8-9-5-7/h5-6H,1-3H2. The van der Waals surface area contributed by atoms with Crippen LogP contribution in [-0.2, 0) is 0 Å². The van der Waals surface area contributed by atoms with Gasteiger partial charge in [-0.15, -0.1) is 0 Å². The minimum atomic E-state index is 0.705. The number of hydrogen-bond donors (Lipinski definition) is 0. The zero-order valence-corrected chi connectivity index (χ0v) is 5.13. The zero-order valence-electron chi connectivity index (χ0n) is 5.13. The first-order chi connectivity index (χ1) is 4.47. The Bertz CT molecular complexity index is 177. The maximum absolute atomic E-state index is 4.67. The Morgan fingerprint density at radius 2 is 2.56 bits per heavy atom. The van der Waals surface area contributed by atoms with Crippen molar-refractivity contribution in [3.8, 4) is 0 Å². The molecule has 0 aromatic carbocycles. The van der Waals surface area contributed by atoms with E-state index in [1.54, 1.807) is 6.26 Å². The van der Waals surface area contributed by atoms with E-state index in [1.165, 1.54) is 19.3 Å². The van der Waals surface area contributed by atoms with Crippen molar-refractivity contribution < 1.29 is 4.52 Å². The Balaban J connectivity index is 2.14. The fraction of sp³-hybridized carbons (Fsp3) is 0.571. The summed E-state index contributed by atoms with van der Waals surface area (Å²) in [6.45, 7) is 0. The average Bonchev–Trinajstić information content (AvgIpc) is 2.11. The fourth-order valence-electron chi connectivity index (χ4n) is 1.10. The Hall–Kier alpha value is -0.790. The van der Waals surface area contributed by atoms with Crippen LogP contribution >= 0.6 is 0 Å². The lowest BCUT2D eigenvalue weighted by Gasteiger charge is -2.22. The molecule has 0 atom stereocenters. The molecule has 2 heteroatoms. The monoisotopic (exact) mass is 122 g/mol. The highest BCUT2D eigenvalue weighted by Crippen LogP contribution is 2.35. The molecule has 0 amide bonds. The van der Waals surface area contributed by atoms with Gasteiger partial charge in [0.1, 0.15) is 12.5 Å². The van der Waals surface area contributed by atoms with Crippen molar-refractivity contribution in [2.24, 2.45) is 0 Å². The summed E-state index contributed by atoms with van der Waals surface area (Å²) in [5.74, 6) is 0.705. The van der Waals surface area contributed by atoms with Crippen LogP contribution in [0.15, 0.2) is 10.8 Å². The summed E-state index contributed by atoms with van der Waals surface area (Å²) >= 11 is 0. The number of hydrogen-bond acceptors (Lipinski definition) is 2. The lowest BCUT2D eigenvalue weighted by atomic mass is 9.82. The molecular formula is C7H8NO. The Kier molecular flexibility index (Phi) is 1.04. The first-order valence-corrected chi connectivity index (χ1v) is 3.29. The number of rotatable bonds is 1. The van der Waals surface area contributed by atoms with Gasteiger partial charge >= 0.3 is 0 Å². The molecular weight excluding hydrogens is 114 g/mol. The van der Waals surface area contributed by atoms with Crippen LogP contribution in [-0.4, -0.2) is 5.16 Å².